The van der Waals surface area contributed by atoms with Gasteiger partial charge in [0.25, 0.3) is 5.91 Å². The zero-order chi connectivity index (χ0) is 30.4. The summed E-state index contributed by atoms with van der Waals surface area (Å²) in [5.41, 5.74) is 3.40. The highest BCUT2D eigenvalue weighted by Gasteiger charge is 2.68. The molecule has 3 aromatic rings. The van der Waals surface area contributed by atoms with E-state index >= 15 is 0 Å². The number of halogens is 1. The van der Waals surface area contributed by atoms with E-state index in [1.807, 2.05) is 30.3 Å². The van der Waals surface area contributed by atoms with Gasteiger partial charge in [-0.25, -0.2) is 0 Å². The Balaban J connectivity index is 1.22. The van der Waals surface area contributed by atoms with E-state index in [1.165, 1.54) is 5.56 Å². The van der Waals surface area contributed by atoms with E-state index in [2.05, 4.69) is 62.6 Å². The minimum Gasteiger partial charge on any atom is -0.404 e. The van der Waals surface area contributed by atoms with Gasteiger partial charge in [-0.1, -0.05) is 85.6 Å². The maximum atomic E-state index is 13.8. The summed E-state index contributed by atoms with van der Waals surface area (Å²) in [6, 6.07) is 24.0. The number of amides is 2. The second kappa shape index (κ2) is 11.8. The van der Waals surface area contributed by atoms with Crippen molar-refractivity contribution in [3.05, 3.63) is 106 Å². The monoisotopic (exact) mass is 598 g/mol. The molecule has 0 radical (unpaired) electrons. The molecule has 224 valence electrons. The predicted molar refractivity (Wildman–Crippen MR) is 170 cm³/mol. The molecule has 2 amide bonds. The second-order valence-corrected chi connectivity index (χ2v) is 13.8. The van der Waals surface area contributed by atoms with Gasteiger partial charge in [-0.15, -0.1) is 0 Å². The lowest BCUT2D eigenvalue weighted by Gasteiger charge is -2.64. The lowest BCUT2D eigenvalue weighted by molar-refractivity contribution is -0.199. The summed E-state index contributed by atoms with van der Waals surface area (Å²) in [6.45, 7) is 8.94. The molecular weight excluding hydrogens is 559 g/mol. The van der Waals surface area contributed by atoms with E-state index in [-0.39, 0.29) is 35.4 Å². The molecule has 3 aliphatic carbocycles. The maximum absolute atomic E-state index is 13.8. The molecule has 1 saturated heterocycles. The number of aryl methyl sites for hydroxylation is 1. The van der Waals surface area contributed by atoms with Crippen molar-refractivity contribution in [1.82, 2.24) is 10.6 Å². The maximum Gasteiger partial charge on any atom is 0.482 e. The molecule has 6 nitrogen and oxygen atoms in total. The molecule has 3 aromatic carbocycles. The SMILES string of the molecule is Cc1ccc(C[C@H](NC(=O)CC(NC(=O)c2ccccc2)c2cccc(Cl)c2)B2O[C@@H]3C[C@@H]4C[C@@H](C4(C)C)[C@]3(C)O2)cc1. The Kier molecular flexibility index (Phi) is 8.18. The lowest BCUT2D eigenvalue weighted by atomic mass is 9.43. The van der Waals surface area contributed by atoms with Gasteiger partial charge in [-0.2, -0.15) is 0 Å². The van der Waals surface area contributed by atoms with Crippen LogP contribution in [0.5, 0.6) is 0 Å². The number of hydrogen-bond donors (Lipinski definition) is 2. The molecule has 2 bridgehead atoms. The van der Waals surface area contributed by atoms with Gasteiger partial charge in [0.2, 0.25) is 5.91 Å². The molecule has 43 heavy (non-hydrogen) atoms. The molecule has 4 fully saturated rings. The summed E-state index contributed by atoms with van der Waals surface area (Å²) in [4.78, 5) is 27.0. The summed E-state index contributed by atoms with van der Waals surface area (Å²) in [5, 5.41) is 6.85. The molecule has 1 aliphatic heterocycles. The van der Waals surface area contributed by atoms with Gasteiger partial charge in [0.15, 0.2) is 0 Å². The Labute approximate surface area is 260 Å². The van der Waals surface area contributed by atoms with Gasteiger partial charge in [0.1, 0.15) is 0 Å². The Morgan fingerprint density at radius 1 is 0.977 bits per heavy atom. The molecule has 4 aliphatic rings. The van der Waals surface area contributed by atoms with E-state index in [0.717, 1.165) is 24.0 Å². The number of carbonyl (C=O) groups is 2. The van der Waals surface area contributed by atoms with Crippen molar-refractivity contribution in [2.45, 2.75) is 77.1 Å². The average molecular weight is 599 g/mol. The van der Waals surface area contributed by atoms with Crippen LogP contribution in [0.2, 0.25) is 5.02 Å². The molecule has 1 heterocycles. The molecule has 0 aromatic heterocycles. The van der Waals surface area contributed by atoms with Crippen LogP contribution in [0.15, 0.2) is 78.9 Å². The van der Waals surface area contributed by atoms with Gasteiger partial charge in [-0.3, -0.25) is 9.59 Å². The predicted octanol–water partition coefficient (Wildman–Crippen LogP) is 6.50. The zero-order valence-corrected chi connectivity index (χ0v) is 26.1. The van der Waals surface area contributed by atoms with E-state index in [1.54, 1.807) is 24.3 Å². The Bertz CT molecular complexity index is 1480. The number of nitrogens with one attached hydrogen (secondary N) is 2. The third kappa shape index (κ3) is 6.00. The van der Waals surface area contributed by atoms with Crippen molar-refractivity contribution >= 4 is 30.5 Å². The van der Waals surface area contributed by atoms with Gasteiger partial charge >= 0.3 is 7.12 Å². The van der Waals surface area contributed by atoms with Crippen molar-refractivity contribution < 1.29 is 18.9 Å². The summed E-state index contributed by atoms with van der Waals surface area (Å²) in [5.74, 6) is 0.199. The Morgan fingerprint density at radius 3 is 2.42 bits per heavy atom. The number of carbonyl (C=O) groups excluding carboxylic acids is 2. The normalized spacial score (nSPS) is 26.5. The van der Waals surface area contributed by atoms with Gasteiger partial charge < -0.3 is 19.9 Å². The fourth-order valence-electron chi connectivity index (χ4n) is 7.52. The highest BCUT2D eigenvalue weighted by atomic mass is 35.5. The first-order valence-corrected chi connectivity index (χ1v) is 15.7. The topological polar surface area (TPSA) is 76.7 Å². The Hall–Kier alpha value is -3.13. The number of rotatable bonds is 9. The molecular formula is C35H40BClN2O4. The van der Waals surface area contributed by atoms with Crippen LogP contribution < -0.4 is 10.6 Å². The van der Waals surface area contributed by atoms with Crippen molar-refractivity contribution in [2.75, 3.05) is 0 Å². The van der Waals surface area contributed by atoms with Crippen LogP contribution in [-0.2, 0) is 20.5 Å². The van der Waals surface area contributed by atoms with E-state index in [0.29, 0.717) is 28.8 Å². The second-order valence-electron chi connectivity index (χ2n) is 13.4. The summed E-state index contributed by atoms with van der Waals surface area (Å²) >= 11 is 6.31. The summed E-state index contributed by atoms with van der Waals surface area (Å²) in [7, 11) is -0.570. The molecule has 6 atom stereocenters. The van der Waals surface area contributed by atoms with Crippen LogP contribution in [0.4, 0.5) is 0 Å². The molecule has 7 rings (SSSR count). The fourth-order valence-corrected chi connectivity index (χ4v) is 7.72. The molecule has 2 N–H and O–H groups in total. The van der Waals surface area contributed by atoms with Crippen molar-refractivity contribution in [3.8, 4) is 0 Å². The highest BCUT2D eigenvalue weighted by molar-refractivity contribution is 6.48. The molecule has 3 saturated carbocycles. The number of hydrogen-bond acceptors (Lipinski definition) is 4. The molecule has 0 spiro atoms. The quantitative estimate of drug-likeness (QED) is 0.276. The first kappa shape index (κ1) is 29.9. The van der Waals surface area contributed by atoms with Crippen LogP contribution in [0.1, 0.15) is 73.1 Å². The van der Waals surface area contributed by atoms with Crippen molar-refractivity contribution in [1.29, 1.82) is 0 Å². The van der Waals surface area contributed by atoms with Crippen LogP contribution in [0.3, 0.4) is 0 Å². The lowest BCUT2D eigenvalue weighted by Crippen LogP contribution is -2.65. The van der Waals surface area contributed by atoms with Gasteiger partial charge in [0, 0.05) is 10.6 Å². The minimum atomic E-state index is -0.579. The smallest absolute Gasteiger partial charge is 0.404 e. The van der Waals surface area contributed by atoms with E-state index in [9.17, 15) is 9.59 Å². The van der Waals surface area contributed by atoms with Crippen LogP contribution in [-0.4, -0.2) is 36.6 Å². The van der Waals surface area contributed by atoms with Gasteiger partial charge in [-0.05, 0) is 85.8 Å². The first-order valence-electron chi connectivity index (χ1n) is 15.3. The van der Waals surface area contributed by atoms with Crippen molar-refractivity contribution in [2.24, 2.45) is 17.3 Å². The van der Waals surface area contributed by atoms with Crippen molar-refractivity contribution in [3.63, 3.8) is 0 Å². The van der Waals surface area contributed by atoms with Crippen LogP contribution in [0.25, 0.3) is 0 Å². The summed E-state index contributed by atoms with van der Waals surface area (Å²) in [6.07, 6.45) is 2.75. The molecule has 1 unspecified atom stereocenters. The fraction of sp³-hybridized carbons (Fsp3) is 0.429. The van der Waals surface area contributed by atoms with E-state index < -0.39 is 19.1 Å². The zero-order valence-electron chi connectivity index (χ0n) is 25.3. The third-order valence-corrected chi connectivity index (χ3v) is 10.4. The van der Waals surface area contributed by atoms with E-state index in [4.69, 9.17) is 20.9 Å². The van der Waals surface area contributed by atoms with Gasteiger partial charge in [0.05, 0.1) is 30.1 Å². The highest BCUT2D eigenvalue weighted by Crippen LogP contribution is 2.65. The third-order valence-electron chi connectivity index (χ3n) is 10.2. The van der Waals surface area contributed by atoms with Crippen LogP contribution >= 0.6 is 11.6 Å². The molecule has 8 heteroatoms. The minimum absolute atomic E-state index is 0.0102. The van der Waals surface area contributed by atoms with Crippen LogP contribution in [0, 0.1) is 24.2 Å². The first-order chi connectivity index (χ1) is 20.5. The largest absolute Gasteiger partial charge is 0.482 e. The summed E-state index contributed by atoms with van der Waals surface area (Å²) < 4.78 is 13.4. The Morgan fingerprint density at radius 2 is 1.72 bits per heavy atom. The average Bonchev–Trinajstić information content (AvgIpc) is 3.35. The standard InChI is InChI=1S/C35H40BClN2O4/c1-22-13-15-23(16-14-22)17-31(36-42-30-20-26-19-29(34(26,2)3)35(30,4)43-36)39-32(40)21-28(25-11-8-12-27(37)18-25)38-33(41)24-9-6-5-7-10-24/h5-16,18,26,28-31H,17,19-21H2,1-4H3,(H,38,41)(H,39,40)/t26-,28?,29-,30+,31-,35-/m0/s1. The number of benzene rings is 3.